The normalized spacial score (nSPS) is 11.7. The van der Waals surface area contributed by atoms with Crippen molar-refractivity contribution in [1.82, 2.24) is 19.0 Å². The van der Waals surface area contributed by atoms with Crippen molar-refractivity contribution in [3.63, 3.8) is 0 Å². The Labute approximate surface area is 176 Å². The van der Waals surface area contributed by atoms with E-state index in [2.05, 4.69) is 18.5 Å². The van der Waals surface area contributed by atoms with Gasteiger partial charge in [-0.3, -0.25) is 4.79 Å². The molecule has 1 heterocycles. The molecule has 0 radical (unpaired) electrons. The van der Waals surface area contributed by atoms with Gasteiger partial charge in [-0.05, 0) is 24.6 Å². The van der Waals surface area contributed by atoms with Gasteiger partial charge in [0.05, 0.1) is 19.1 Å². The van der Waals surface area contributed by atoms with Crippen molar-refractivity contribution in [2.45, 2.75) is 32.6 Å². The quantitative estimate of drug-likeness (QED) is 0.634. The Morgan fingerprint density at radius 3 is 2.03 bits per heavy atom. The van der Waals surface area contributed by atoms with Crippen LogP contribution in [-0.2, 0) is 24.4 Å². The first kappa shape index (κ1) is 22.4. The van der Waals surface area contributed by atoms with E-state index in [1.807, 2.05) is 0 Å². The van der Waals surface area contributed by atoms with Gasteiger partial charge < -0.3 is 5.32 Å². The van der Waals surface area contributed by atoms with E-state index in [1.54, 1.807) is 25.1 Å². The number of allylic oxidation sites excluding steroid dienone is 2. The summed E-state index contributed by atoms with van der Waals surface area (Å²) in [4.78, 5) is 50.0. The van der Waals surface area contributed by atoms with Gasteiger partial charge in [-0.1, -0.05) is 41.4 Å². The number of benzene rings is 1. The Bertz CT molecular complexity index is 1080. The van der Waals surface area contributed by atoms with Crippen molar-refractivity contribution in [3.8, 4) is 0 Å². The van der Waals surface area contributed by atoms with E-state index in [0.29, 0.717) is 20.2 Å². The highest BCUT2D eigenvalue weighted by molar-refractivity contribution is 6.35. The second-order valence-electron chi connectivity index (χ2n) is 6.19. The van der Waals surface area contributed by atoms with E-state index >= 15 is 0 Å². The third-order valence-corrected chi connectivity index (χ3v) is 4.68. The van der Waals surface area contributed by atoms with Crippen LogP contribution in [0, 0.1) is 0 Å². The van der Waals surface area contributed by atoms with E-state index in [1.165, 1.54) is 12.2 Å². The molecule has 0 aliphatic carbocycles. The molecule has 0 aliphatic heterocycles. The summed E-state index contributed by atoms with van der Waals surface area (Å²) in [6.07, 6.45) is 2.70. The first-order valence-corrected chi connectivity index (χ1v) is 9.37. The number of hydrogen-bond donors (Lipinski definition) is 1. The van der Waals surface area contributed by atoms with Gasteiger partial charge in [0.15, 0.2) is 0 Å². The molecule has 1 amide bonds. The van der Waals surface area contributed by atoms with Crippen LogP contribution in [0.25, 0.3) is 0 Å². The molecule has 1 atom stereocenters. The van der Waals surface area contributed by atoms with Crippen molar-refractivity contribution in [3.05, 3.63) is 90.6 Å². The summed E-state index contributed by atoms with van der Waals surface area (Å²) in [6.45, 7) is 7.92. The molecule has 0 saturated heterocycles. The van der Waals surface area contributed by atoms with Crippen LogP contribution in [0.15, 0.2) is 57.9 Å². The standard InChI is InChI=1S/C19H20Cl2N4O4/c1-4-8-23-17(27)24(9-5-2)19(29)25(18(23)28)11-16(26)22-12(3)14-7-6-13(20)10-15(14)21/h4-7,10,12H,1-2,8-9,11H2,3H3,(H,22,26)/t12-/m0/s1. The van der Waals surface area contributed by atoms with Crippen molar-refractivity contribution in [1.29, 1.82) is 0 Å². The van der Waals surface area contributed by atoms with E-state index in [9.17, 15) is 19.2 Å². The summed E-state index contributed by atoms with van der Waals surface area (Å²) in [5.74, 6) is -0.600. The number of aromatic nitrogens is 3. The Morgan fingerprint density at radius 2 is 1.55 bits per heavy atom. The topological polar surface area (TPSA) is 95.1 Å². The van der Waals surface area contributed by atoms with Gasteiger partial charge in [-0.2, -0.15) is 0 Å². The lowest BCUT2D eigenvalue weighted by atomic mass is 10.1. The molecule has 1 aromatic heterocycles. The van der Waals surface area contributed by atoms with Gasteiger partial charge in [0, 0.05) is 10.0 Å². The molecule has 29 heavy (non-hydrogen) atoms. The predicted octanol–water partition coefficient (Wildman–Crippen LogP) is 1.73. The molecular formula is C19H20Cl2N4O4. The molecule has 1 N–H and O–H groups in total. The molecule has 1 aromatic carbocycles. The third kappa shape index (κ3) is 4.96. The number of amides is 1. The van der Waals surface area contributed by atoms with Crippen LogP contribution >= 0.6 is 23.2 Å². The number of hydrogen-bond acceptors (Lipinski definition) is 4. The van der Waals surface area contributed by atoms with Gasteiger partial charge in [-0.15, -0.1) is 13.2 Å². The maximum Gasteiger partial charge on any atom is 0.337 e. The molecule has 0 saturated carbocycles. The number of rotatable bonds is 8. The van der Waals surface area contributed by atoms with Gasteiger partial charge in [0.1, 0.15) is 6.54 Å². The number of nitrogens with zero attached hydrogens (tertiary/aromatic N) is 3. The smallest absolute Gasteiger partial charge is 0.337 e. The molecule has 0 spiro atoms. The zero-order valence-corrected chi connectivity index (χ0v) is 17.2. The van der Waals surface area contributed by atoms with E-state index in [-0.39, 0.29) is 13.1 Å². The molecule has 8 nitrogen and oxygen atoms in total. The van der Waals surface area contributed by atoms with E-state index in [4.69, 9.17) is 23.2 Å². The summed E-state index contributed by atoms with van der Waals surface area (Å²) in [7, 11) is 0. The van der Waals surface area contributed by atoms with Crippen molar-refractivity contribution < 1.29 is 4.79 Å². The van der Waals surface area contributed by atoms with Gasteiger partial charge in [-0.25, -0.2) is 28.1 Å². The molecule has 2 rings (SSSR count). The van der Waals surface area contributed by atoms with Crippen LogP contribution in [0.2, 0.25) is 10.0 Å². The monoisotopic (exact) mass is 438 g/mol. The summed E-state index contributed by atoms with van der Waals surface area (Å²) < 4.78 is 2.34. The van der Waals surface area contributed by atoms with Crippen molar-refractivity contribution in [2.75, 3.05) is 0 Å². The van der Waals surface area contributed by atoms with E-state index in [0.717, 1.165) is 9.13 Å². The van der Waals surface area contributed by atoms with Crippen LogP contribution in [0.1, 0.15) is 18.5 Å². The number of halogens is 2. The zero-order chi connectivity index (χ0) is 21.7. The number of nitrogens with one attached hydrogen (secondary N) is 1. The highest BCUT2D eigenvalue weighted by Crippen LogP contribution is 2.25. The van der Waals surface area contributed by atoms with E-state index < -0.39 is 35.6 Å². The maximum atomic E-state index is 12.6. The molecule has 0 aliphatic rings. The fourth-order valence-corrected chi connectivity index (χ4v) is 3.32. The van der Waals surface area contributed by atoms with Crippen LogP contribution in [0.5, 0.6) is 0 Å². The Hall–Kier alpha value is -2.84. The Balaban J connectivity index is 2.37. The highest BCUT2D eigenvalue weighted by atomic mass is 35.5. The summed E-state index contributed by atoms with van der Waals surface area (Å²) in [5.41, 5.74) is -1.96. The lowest BCUT2D eigenvalue weighted by Crippen LogP contribution is -2.55. The Morgan fingerprint density at radius 1 is 1.03 bits per heavy atom. The molecule has 0 bridgehead atoms. The summed E-state index contributed by atoms with van der Waals surface area (Å²) in [5, 5.41) is 3.50. The second kappa shape index (κ2) is 9.58. The van der Waals surface area contributed by atoms with Crippen LogP contribution < -0.4 is 22.4 Å². The molecule has 2 aromatic rings. The minimum Gasteiger partial charge on any atom is -0.348 e. The minimum atomic E-state index is -0.896. The third-order valence-electron chi connectivity index (χ3n) is 4.12. The summed E-state index contributed by atoms with van der Waals surface area (Å²) in [6, 6.07) is 4.35. The first-order valence-electron chi connectivity index (χ1n) is 8.61. The SMILES string of the molecule is C=CCn1c(=O)n(CC=C)c(=O)n(CC(=O)N[C@@H](C)c2ccc(Cl)cc2Cl)c1=O. The molecule has 0 fully saturated rings. The minimum absolute atomic E-state index is 0.104. The molecule has 154 valence electrons. The van der Waals surface area contributed by atoms with Gasteiger partial charge in [0.2, 0.25) is 5.91 Å². The predicted molar refractivity (Wildman–Crippen MR) is 113 cm³/mol. The fourth-order valence-electron chi connectivity index (χ4n) is 2.75. The van der Waals surface area contributed by atoms with Crippen molar-refractivity contribution >= 4 is 29.1 Å². The van der Waals surface area contributed by atoms with Crippen LogP contribution in [0.3, 0.4) is 0 Å². The van der Waals surface area contributed by atoms with Gasteiger partial charge in [0.25, 0.3) is 0 Å². The lowest BCUT2D eigenvalue weighted by Gasteiger charge is -2.17. The molecule has 10 heteroatoms. The largest absolute Gasteiger partial charge is 0.348 e. The van der Waals surface area contributed by atoms with Crippen LogP contribution in [0.4, 0.5) is 0 Å². The fraction of sp³-hybridized carbons (Fsp3) is 0.263. The zero-order valence-electron chi connectivity index (χ0n) is 15.7. The first-order chi connectivity index (χ1) is 13.7. The highest BCUT2D eigenvalue weighted by Gasteiger charge is 2.18. The van der Waals surface area contributed by atoms with Crippen LogP contribution in [-0.4, -0.2) is 19.6 Å². The second-order valence-corrected chi connectivity index (χ2v) is 7.03. The molecular weight excluding hydrogens is 419 g/mol. The number of carbonyl (C=O) groups excluding carboxylic acids is 1. The summed E-state index contributed by atoms with van der Waals surface area (Å²) >= 11 is 12.0. The van der Waals surface area contributed by atoms with Gasteiger partial charge >= 0.3 is 17.1 Å². The average Bonchev–Trinajstić information content (AvgIpc) is 2.65. The Kier molecular flexibility index (Phi) is 7.41. The van der Waals surface area contributed by atoms with Crippen molar-refractivity contribution in [2.24, 2.45) is 0 Å². The lowest BCUT2D eigenvalue weighted by molar-refractivity contribution is -0.122. The number of carbonyl (C=O) groups is 1. The average molecular weight is 439 g/mol. The molecule has 0 unspecified atom stereocenters. The maximum absolute atomic E-state index is 12.6.